The van der Waals surface area contributed by atoms with Gasteiger partial charge in [-0.25, -0.2) is 0 Å². The average molecular weight is 153 g/mol. The molecule has 0 aromatic carbocycles. The highest BCUT2D eigenvalue weighted by Gasteiger charge is 2.41. The number of hydrogen-bond acceptors (Lipinski definition) is 2. The highest BCUT2D eigenvalue weighted by Crippen LogP contribution is 2.41. The molecule has 1 aliphatic rings. The Kier molecular flexibility index (Phi) is 2.53. The molecular formula is C9H15NO. The SMILES string of the molecule is C#CCCC(O)(CN)C1CC1. The third-order valence-electron chi connectivity index (χ3n) is 2.39. The fraction of sp³-hybridized carbons (Fsp3) is 0.778. The Balaban J connectivity index is 2.39. The Bertz CT molecular complexity index is 169. The van der Waals surface area contributed by atoms with Gasteiger partial charge in [0.25, 0.3) is 0 Å². The van der Waals surface area contributed by atoms with Gasteiger partial charge in [0.15, 0.2) is 0 Å². The lowest BCUT2D eigenvalue weighted by Crippen LogP contribution is -2.39. The van der Waals surface area contributed by atoms with Gasteiger partial charge < -0.3 is 10.8 Å². The molecular weight excluding hydrogens is 138 g/mol. The summed E-state index contributed by atoms with van der Waals surface area (Å²) >= 11 is 0. The van der Waals surface area contributed by atoms with Gasteiger partial charge in [-0.15, -0.1) is 12.3 Å². The topological polar surface area (TPSA) is 46.2 Å². The van der Waals surface area contributed by atoms with Crippen molar-refractivity contribution in [2.75, 3.05) is 6.54 Å². The van der Waals surface area contributed by atoms with E-state index in [2.05, 4.69) is 5.92 Å². The van der Waals surface area contributed by atoms with Crippen molar-refractivity contribution in [3.05, 3.63) is 0 Å². The van der Waals surface area contributed by atoms with Crippen molar-refractivity contribution in [2.24, 2.45) is 11.7 Å². The van der Waals surface area contributed by atoms with Crippen LogP contribution in [0.4, 0.5) is 0 Å². The van der Waals surface area contributed by atoms with Gasteiger partial charge in [0.2, 0.25) is 0 Å². The van der Waals surface area contributed by atoms with E-state index in [1.54, 1.807) is 0 Å². The Labute approximate surface area is 67.8 Å². The molecule has 1 rings (SSSR count). The van der Waals surface area contributed by atoms with E-state index in [9.17, 15) is 5.11 Å². The van der Waals surface area contributed by atoms with E-state index in [1.165, 1.54) is 0 Å². The maximum Gasteiger partial charge on any atom is 0.0806 e. The highest BCUT2D eigenvalue weighted by atomic mass is 16.3. The Hall–Kier alpha value is -0.520. The Morgan fingerprint density at radius 1 is 1.64 bits per heavy atom. The van der Waals surface area contributed by atoms with Crippen molar-refractivity contribution in [1.29, 1.82) is 0 Å². The normalized spacial score (nSPS) is 22.3. The van der Waals surface area contributed by atoms with Crippen molar-refractivity contribution in [2.45, 2.75) is 31.3 Å². The summed E-state index contributed by atoms with van der Waals surface area (Å²) in [6.07, 6.45) is 8.61. The van der Waals surface area contributed by atoms with Crippen LogP contribution in [0.3, 0.4) is 0 Å². The monoisotopic (exact) mass is 153 g/mol. The number of terminal acetylenes is 1. The molecule has 0 radical (unpaired) electrons. The van der Waals surface area contributed by atoms with Gasteiger partial charge in [0, 0.05) is 13.0 Å². The summed E-state index contributed by atoms with van der Waals surface area (Å²) in [5, 5.41) is 9.87. The molecule has 1 atom stereocenters. The zero-order chi connectivity index (χ0) is 8.32. The molecule has 1 unspecified atom stereocenters. The molecule has 11 heavy (non-hydrogen) atoms. The van der Waals surface area contributed by atoms with Gasteiger partial charge in [0.05, 0.1) is 5.60 Å². The molecule has 1 aliphatic carbocycles. The fourth-order valence-electron chi connectivity index (χ4n) is 1.38. The van der Waals surface area contributed by atoms with Crippen LogP contribution in [0.25, 0.3) is 0 Å². The maximum atomic E-state index is 9.87. The predicted molar refractivity (Wildman–Crippen MR) is 44.8 cm³/mol. The number of rotatable bonds is 4. The molecule has 1 saturated carbocycles. The van der Waals surface area contributed by atoms with Crippen LogP contribution >= 0.6 is 0 Å². The molecule has 0 saturated heterocycles. The van der Waals surface area contributed by atoms with Gasteiger partial charge >= 0.3 is 0 Å². The molecule has 0 aliphatic heterocycles. The van der Waals surface area contributed by atoms with Gasteiger partial charge in [-0.3, -0.25) is 0 Å². The first-order chi connectivity index (χ1) is 5.23. The first-order valence-corrected chi connectivity index (χ1v) is 4.09. The summed E-state index contributed by atoms with van der Waals surface area (Å²) in [7, 11) is 0. The quantitative estimate of drug-likeness (QED) is 0.578. The largest absolute Gasteiger partial charge is 0.388 e. The number of nitrogens with two attached hydrogens (primary N) is 1. The average Bonchev–Trinajstić information content (AvgIpc) is 2.82. The first-order valence-electron chi connectivity index (χ1n) is 4.09. The summed E-state index contributed by atoms with van der Waals surface area (Å²) in [6.45, 7) is 0.347. The van der Waals surface area contributed by atoms with E-state index < -0.39 is 5.60 Å². The second kappa shape index (κ2) is 3.25. The molecule has 1 fully saturated rings. The molecule has 62 valence electrons. The van der Waals surface area contributed by atoms with E-state index in [4.69, 9.17) is 12.2 Å². The minimum Gasteiger partial charge on any atom is -0.388 e. The van der Waals surface area contributed by atoms with E-state index in [1.807, 2.05) is 0 Å². The second-order valence-corrected chi connectivity index (χ2v) is 3.29. The van der Waals surface area contributed by atoms with Crippen LogP contribution < -0.4 is 5.73 Å². The van der Waals surface area contributed by atoms with Gasteiger partial charge in [-0.1, -0.05) is 0 Å². The number of hydrogen-bond donors (Lipinski definition) is 2. The van der Waals surface area contributed by atoms with E-state index in [0.29, 0.717) is 25.3 Å². The molecule has 0 amide bonds. The second-order valence-electron chi connectivity index (χ2n) is 3.29. The first kappa shape index (κ1) is 8.58. The molecule has 2 nitrogen and oxygen atoms in total. The predicted octanol–water partition coefficient (Wildman–Crippen LogP) is 0.500. The lowest BCUT2D eigenvalue weighted by atomic mass is 9.92. The molecule has 0 aromatic heterocycles. The standard InChI is InChI=1S/C9H15NO/c1-2-3-6-9(11,7-10)8-4-5-8/h1,8,11H,3-7,10H2. The third-order valence-corrected chi connectivity index (χ3v) is 2.39. The summed E-state index contributed by atoms with van der Waals surface area (Å²) in [4.78, 5) is 0. The van der Waals surface area contributed by atoms with Crippen LogP contribution in [0.2, 0.25) is 0 Å². The highest BCUT2D eigenvalue weighted by molar-refractivity contribution is 4.98. The smallest absolute Gasteiger partial charge is 0.0806 e. The molecule has 0 heterocycles. The van der Waals surface area contributed by atoms with Crippen LogP contribution in [-0.4, -0.2) is 17.3 Å². The molecule has 0 spiro atoms. The summed E-state index contributed by atoms with van der Waals surface area (Å²) in [5.74, 6) is 2.94. The van der Waals surface area contributed by atoms with Crippen LogP contribution in [-0.2, 0) is 0 Å². The minimum absolute atomic E-state index is 0.347. The van der Waals surface area contributed by atoms with Crippen molar-refractivity contribution in [1.82, 2.24) is 0 Å². The van der Waals surface area contributed by atoms with Crippen LogP contribution in [0.1, 0.15) is 25.7 Å². The molecule has 3 N–H and O–H groups in total. The maximum absolute atomic E-state index is 9.87. The lowest BCUT2D eigenvalue weighted by Gasteiger charge is -2.25. The zero-order valence-corrected chi connectivity index (χ0v) is 6.71. The van der Waals surface area contributed by atoms with E-state index >= 15 is 0 Å². The summed E-state index contributed by atoms with van der Waals surface area (Å²) < 4.78 is 0. The van der Waals surface area contributed by atoms with E-state index in [-0.39, 0.29) is 0 Å². The van der Waals surface area contributed by atoms with Gasteiger partial charge in [-0.05, 0) is 25.2 Å². The van der Waals surface area contributed by atoms with Crippen molar-refractivity contribution in [3.63, 3.8) is 0 Å². The number of aliphatic hydroxyl groups is 1. The van der Waals surface area contributed by atoms with Gasteiger partial charge in [0.1, 0.15) is 0 Å². The van der Waals surface area contributed by atoms with Gasteiger partial charge in [-0.2, -0.15) is 0 Å². The lowest BCUT2D eigenvalue weighted by molar-refractivity contribution is 0.0193. The molecule has 2 heteroatoms. The van der Waals surface area contributed by atoms with Crippen LogP contribution in [0.5, 0.6) is 0 Å². The van der Waals surface area contributed by atoms with E-state index in [0.717, 1.165) is 12.8 Å². The molecule has 0 bridgehead atoms. The van der Waals surface area contributed by atoms with Crippen molar-refractivity contribution >= 4 is 0 Å². The van der Waals surface area contributed by atoms with Crippen LogP contribution in [0.15, 0.2) is 0 Å². The van der Waals surface area contributed by atoms with Crippen molar-refractivity contribution in [3.8, 4) is 12.3 Å². The Morgan fingerprint density at radius 2 is 2.27 bits per heavy atom. The minimum atomic E-state index is -0.660. The fourth-order valence-corrected chi connectivity index (χ4v) is 1.38. The molecule has 0 aromatic rings. The Morgan fingerprint density at radius 3 is 2.64 bits per heavy atom. The van der Waals surface area contributed by atoms with Crippen molar-refractivity contribution < 1.29 is 5.11 Å². The summed E-state index contributed by atoms with van der Waals surface area (Å²) in [6, 6.07) is 0. The zero-order valence-electron chi connectivity index (χ0n) is 6.71. The van der Waals surface area contributed by atoms with Crippen LogP contribution in [0, 0.1) is 18.3 Å². The third kappa shape index (κ3) is 1.95. The summed E-state index contributed by atoms with van der Waals surface area (Å²) in [5.41, 5.74) is 4.81.